The Balaban J connectivity index is 7.37. The monoisotopic (exact) mass is 443 g/mol. The molecule has 0 aromatic carbocycles. The van der Waals surface area contributed by atoms with E-state index in [0.29, 0.717) is 28.1 Å². The van der Waals surface area contributed by atoms with Gasteiger partial charge in [-0.05, 0) is 60.8 Å². The first kappa shape index (κ1) is 29.3. The SMILES string of the molecule is CCN(CC)[Si](C(C)C)(C(C)C)N(CC(C)C)[Si](C(C)C)(C(C)C)N(CC)CC. The molecule has 0 saturated heterocycles. The van der Waals surface area contributed by atoms with E-state index in [-0.39, 0.29) is 0 Å². The Labute approximate surface area is 187 Å². The van der Waals surface area contributed by atoms with Gasteiger partial charge in [-0.15, -0.1) is 0 Å². The van der Waals surface area contributed by atoms with Gasteiger partial charge in [0.05, 0.1) is 0 Å². The molecule has 0 fully saturated rings. The maximum atomic E-state index is 3.27. The van der Waals surface area contributed by atoms with E-state index in [0.717, 1.165) is 0 Å². The minimum absolute atomic E-state index is 0.690. The molecular formula is C24H57N3Si2. The quantitative estimate of drug-likeness (QED) is 0.264. The molecule has 0 aliphatic rings. The predicted octanol–water partition coefficient (Wildman–Crippen LogP) is 7.15. The van der Waals surface area contributed by atoms with Crippen molar-refractivity contribution >= 4 is 16.8 Å². The lowest BCUT2D eigenvalue weighted by Crippen LogP contribution is -2.82. The lowest BCUT2D eigenvalue weighted by molar-refractivity contribution is 0.309. The van der Waals surface area contributed by atoms with Crippen LogP contribution in [0.5, 0.6) is 0 Å². The molecule has 3 nitrogen and oxygen atoms in total. The zero-order valence-corrected chi connectivity index (χ0v) is 24.8. The summed E-state index contributed by atoms with van der Waals surface area (Å²) in [6.07, 6.45) is 0. The van der Waals surface area contributed by atoms with Crippen LogP contribution in [-0.2, 0) is 0 Å². The molecule has 0 rings (SSSR count). The fraction of sp³-hybridized carbons (Fsp3) is 1.00. The van der Waals surface area contributed by atoms with Crippen LogP contribution < -0.4 is 0 Å². The Morgan fingerprint density at radius 1 is 0.483 bits per heavy atom. The molecular weight excluding hydrogens is 386 g/mol. The van der Waals surface area contributed by atoms with Gasteiger partial charge < -0.3 is 13.4 Å². The van der Waals surface area contributed by atoms with Gasteiger partial charge in [-0.25, -0.2) is 0 Å². The molecule has 0 heterocycles. The van der Waals surface area contributed by atoms with Gasteiger partial charge in [0.1, 0.15) is 0 Å². The zero-order valence-electron chi connectivity index (χ0n) is 22.8. The average molecular weight is 444 g/mol. The molecule has 0 N–H and O–H groups in total. The van der Waals surface area contributed by atoms with Gasteiger partial charge in [0.25, 0.3) is 0 Å². The second kappa shape index (κ2) is 12.4. The van der Waals surface area contributed by atoms with E-state index in [1.165, 1.54) is 32.7 Å². The highest BCUT2D eigenvalue weighted by molar-refractivity contribution is 6.92. The number of rotatable bonds is 14. The fourth-order valence-electron chi connectivity index (χ4n) is 6.79. The van der Waals surface area contributed by atoms with E-state index in [1.807, 2.05) is 0 Å². The van der Waals surface area contributed by atoms with E-state index >= 15 is 0 Å². The highest BCUT2D eigenvalue weighted by Crippen LogP contribution is 2.48. The van der Waals surface area contributed by atoms with Crippen LogP contribution in [0.2, 0.25) is 22.2 Å². The van der Waals surface area contributed by atoms with Gasteiger partial charge in [-0.3, -0.25) is 0 Å². The molecule has 0 bridgehead atoms. The molecule has 176 valence electrons. The summed E-state index contributed by atoms with van der Waals surface area (Å²) in [7, 11) is -3.88. The summed E-state index contributed by atoms with van der Waals surface area (Å²) < 4.78 is 9.16. The Bertz CT molecular complexity index is 389. The highest BCUT2D eigenvalue weighted by Gasteiger charge is 2.61. The van der Waals surface area contributed by atoms with Crippen molar-refractivity contribution in [3.05, 3.63) is 0 Å². The van der Waals surface area contributed by atoms with Crippen molar-refractivity contribution in [2.45, 2.75) is 119 Å². The van der Waals surface area contributed by atoms with E-state index in [4.69, 9.17) is 0 Å². The smallest absolute Gasteiger partial charge is 0.206 e. The van der Waals surface area contributed by atoms with Crippen molar-refractivity contribution in [3.8, 4) is 0 Å². The minimum Gasteiger partial charge on any atom is -0.320 e. The van der Waals surface area contributed by atoms with E-state index < -0.39 is 16.8 Å². The normalized spacial score (nSPS) is 14.3. The minimum atomic E-state index is -1.94. The molecule has 0 radical (unpaired) electrons. The van der Waals surface area contributed by atoms with Gasteiger partial charge >= 0.3 is 0 Å². The molecule has 29 heavy (non-hydrogen) atoms. The first-order chi connectivity index (χ1) is 13.4. The van der Waals surface area contributed by atoms with Gasteiger partial charge in [0.15, 0.2) is 0 Å². The lowest BCUT2D eigenvalue weighted by Gasteiger charge is -2.65. The zero-order chi connectivity index (χ0) is 23.2. The second-order valence-electron chi connectivity index (χ2n) is 10.5. The maximum absolute atomic E-state index is 3.27. The van der Waals surface area contributed by atoms with Crippen molar-refractivity contribution in [1.29, 1.82) is 0 Å². The number of nitrogens with zero attached hydrogens (tertiary/aromatic N) is 3. The van der Waals surface area contributed by atoms with Crippen molar-refractivity contribution in [2.24, 2.45) is 5.92 Å². The summed E-state index contributed by atoms with van der Waals surface area (Å²) in [6.45, 7) is 40.7. The van der Waals surface area contributed by atoms with Crippen LogP contribution in [0.15, 0.2) is 0 Å². The van der Waals surface area contributed by atoms with Gasteiger partial charge in [0, 0.05) is 0 Å². The van der Waals surface area contributed by atoms with Gasteiger partial charge in [0.2, 0.25) is 16.8 Å². The summed E-state index contributed by atoms with van der Waals surface area (Å²) in [6, 6.07) is 0. The Kier molecular flexibility index (Phi) is 12.5. The molecule has 0 aliphatic carbocycles. The third-order valence-corrected chi connectivity index (χ3v) is 21.7. The summed E-state index contributed by atoms with van der Waals surface area (Å²) in [4.78, 5) is 0. The van der Waals surface area contributed by atoms with Crippen LogP contribution in [0.1, 0.15) is 96.9 Å². The van der Waals surface area contributed by atoms with Crippen molar-refractivity contribution in [3.63, 3.8) is 0 Å². The molecule has 0 spiro atoms. The lowest BCUT2D eigenvalue weighted by atomic mass is 10.2. The Morgan fingerprint density at radius 2 is 0.724 bits per heavy atom. The van der Waals surface area contributed by atoms with Crippen molar-refractivity contribution in [1.82, 2.24) is 13.4 Å². The van der Waals surface area contributed by atoms with Crippen LogP contribution in [0.4, 0.5) is 0 Å². The van der Waals surface area contributed by atoms with E-state index in [1.54, 1.807) is 0 Å². The third kappa shape index (κ3) is 5.39. The number of hydrogen-bond acceptors (Lipinski definition) is 3. The maximum Gasteiger partial charge on any atom is 0.206 e. The number of hydrogen-bond donors (Lipinski definition) is 0. The molecule has 0 atom stereocenters. The second-order valence-corrected chi connectivity index (χ2v) is 21.1. The first-order valence-electron chi connectivity index (χ1n) is 12.6. The largest absolute Gasteiger partial charge is 0.320 e. The summed E-state index contributed by atoms with van der Waals surface area (Å²) >= 11 is 0. The van der Waals surface area contributed by atoms with Crippen LogP contribution in [-0.4, -0.2) is 62.9 Å². The molecule has 0 amide bonds. The third-order valence-electron chi connectivity index (χ3n) is 7.35. The average Bonchev–Trinajstić information content (AvgIpc) is 2.60. The fourth-order valence-corrected chi connectivity index (χ4v) is 25.1. The van der Waals surface area contributed by atoms with E-state index in [2.05, 4.69) is 110 Å². The van der Waals surface area contributed by atoms with Gasteiger partial charge in [-0.2, -0.15) is 0 Å². The van der Waals surface area contributed by atoms with Crippen molar-refractivity contribution in [2.75, 3.05) is 32.7 Å². The van der Waals surface area contributed by atoms with E-state index in [9.17, 15) is 0 Å². The van der Waals surface area contributed by atoms with Crippen LogP contribution in [0.25, 0.3) is 0 Å². The van der Waals surface area contributed by atoms with Crippen molar-refractivity contribution < 1.29 is 0 Å². The standard InChI is InChI=1S/C24H57N3Si2/c1-15-25(16-2)28(21(7)8,22(9)10)27(19-20(5)6)29(23(11)12,24(13)14)26(17-3)18-4/h20-24H,15-19H2,1-14H3. The molecule has 0 aliphatic heterocycles. The molecule has 0 aromatic heterocycles. The summed E-state index contributed by atoms with van der Waals surface area (Å²) in [5, 5.41) is 0. The Morgan fingerprint density at radius 3 is 0.862 bits per heavy atom. The summed E-state index contributed by atoms with van der Waals surface area (Å²) in [5.41, 5.74) is 2.84. The molecule has 0 saturated carbocycles. The highest BCUT2D eigenvalue weighted by atomic mass is 28.4. The topological polar surface area (TPSA) is 9.72 Å². The first-order valence-corrected chi connectivity index (χ1v) is 16.7. The molecule has 5 heteroatoms. The van der Waals surface area contributed by atoms with Gasteiger partial charge in [-0.1, -0.05) is 96.9 Å². The summed E-state index contributed by atoms with van der Waals surface area (Å²) in [5.74, 6) is 0.690. The molecule has 0 aromatic rings. The van der Waals surface area contributed by atoms with Crippen LogP contribution >= 0.6 is 0 Å². The van der Waals surface area contributed by atoms with Crippen LogP contribution in [0, 0.1) is 5.92 Å². The Hall–Kier alpha value is 0.314. The van der Waals surface area contributed by atoms with Crippen LogP contribution in [0.3, 0.4) is 0 Å². The molecule has 0 unspecified atom stereocenters. The predicted molar refractivity (Wildman–Crippen MR) is 139 cm³/mol.